The lowest BCUT2D eigenvalue weighted by Crippen LogP contribution is -2.30. The minimum absolute atomic E-state index is 0.00111. The molecule has 0 amide bonds. The van der Waals surface area contributed by atoms with E-state index in [0.717, 1.165) is 49.4 Å². The second-order valence-electron chi connectivity index (χ2n) is 10.9. The van der Waals surface area contributed by atoms with E-state index in [1.54, 1.807) is 6.92 Å². The number of phenols is 4. The van der Waals surface area contributed by atoms with Gasteiger partial charge in [-0.1, -0.05) is 104 Å². The van der Waals surface area contributed by atoms with E-state index in [0.29, 0.717) is 10.8 Å². The van der Waals surface area contributed by atoms with Crippen LogP contribution in [0, 0.1) is 6.92 Å². The Morgan fingerprint density at radius 2 is 1.27 bits per heavy atom. The second kappa shape index (κ2) is 12.4. The first-order valence-electron chi connectivity index (χ1n) is 14.5. The van der Waals surface area contributed by atoms with Gasteiger partial charge in [0.25, 0.3) is 0 Å². The second-order valence-corrected chi connectivity index (χ2v) is 10.9. The molecule has 0 fully saturated rings. The van der Waals surface area contributed by atoms with Crippen molar-refractivity contribution in [1.82, 2.24) is 0 Å². The zero-order valence-corrected chi connectivity index (χ0v) is 25.4. The molecule has 5 aromatic rings. The summed E-state index contributed by atoms with van der Waals surface area (Å²) in [6.45, 7) is 11.3. The molecule has 0 atom stereocenters. The molecule has 5 aromatic carbocycles. The van der Waals surface area contributed by atoms with Crippen molar-refractivity contribution in [3.8, 4) is 34.1 Å². The SMILES string of the molecule is C=C/C(C)=C(\C=C/C)C(/c1cc(-c2ccccc2)cc2ccccc12)=c1/cccc/c1=C(/C)c1c(O)c(O)c(C)c(O)c1O. The molecule has 5 rings (SSSR count). The first-order chi connectivity index (χ1) is 21.2. The van der Waals surface area contributed by atoms with Crippen LogP contribution in [0.3, 0.4) is 0 Å². The molecule has 44 heavy (non-hydrogen) atoms. The van der Waals surface area contributed by atoms with Crippen LogP contribution in [0.1, 0.15) is 37.5 Å². The van der Waals surface area contributed by atoms with Crippen molar-refractivity contribution in [1.29, 1.82) is 0 Å². The Bertz CT molecular complexity index is 2070. The molecule has 0 aliphatic rings. The minimum atomic E-state index is -0.491. The lowest BCUT2D eigenvalue weighted by atomic mass is 9.85. The van der Waals surface area contributed by atoms with Crippen LogP contribution in [0.15, 0.2) is 127 Å². The van der Waals surface area contributed by atoms with Gasteiger partial charge in [0.15, 0.2) is 23.0 Å². The van der Waals surface area contributed by atoms with Crippen LogP contribution in [0.4, 0.5) is 0 Å². The van der Waals surface area contributed by atoms with Crippen molar-refractivity contribution >= 4 is 21.9 Å². The number of phenolic OH excluding ortho intramolecular Hbond substituents is 4. The van der Waals surface area contributed by atoms with Gasteiger partial charge in [0.05, 0.1) is 5.56 Å². The van der Waals surface area contributed by atoms with Gasteiger partial charge in [-0.15, -0.1) is 0 Å². The van der Waals surface area contributed by atoms with Gasteiger partial charge in [-0.3, -0.25) is 0 Å². The Kier molecular flexibility index (Phi) is 8.45. The molecular formula is C40H36O4. The highest BCUT2D eigenvalue weighted by Gasteiger charge is 2.23. The molecule has 0 saturated carbocycles. The van der Waals surface area contributed by atoms with E-state index in [4.69, 9.17) is 0 Å². The summed E-state index contributed by atoms with van der Waals surface area (Å²) in [5.41, 5.74) is 6.47. The quantitative estimate of drug-likeness (QED) is 0.0929. The predicted molar refractivity (Wildman–Crippen MR) is 181 cm³/mol. The molecule has 0 radical (unpaired) electrons. The summed E-state index contributed by atoms with van der Waals surface area (Å²) in [5.74, 6) is -1.94. The molecule has 0 aliphatic heterocycles. The van der Waals surface area contributed by atoms with Gasteiger partial charge in [0, 0.05) is 5.56 Å². The maximum Gasteiger partial charge on any atom is 0.169 e. The van der Waals surface area contributed by atoms with E-state index in [-0.39, 0.29) is 11.1 Å². The number of aromatic hydroxyl groups is 4. The summed E-state index contributed by atoms with van der Waals surface area (Å²) in [6.07, 6.45) is 5.91. The van der Waals surface area contributed by atoms with Crippen molar-refractivity contribution in [3.05, 3.63) is 154 Å². The van der Waals surface area contributed by atoms with E-state index in [1.165, 1.54) is 6.92 Å². The van der Waals surface area contributed by atoms with E-state index >= 15 is 0 Å². The van der Waals surface area contributed by atoms with Crippen LogP contribution in [0.5, 0.6) is 23.0 Å². The fraction of sp³-hybridized carbons (Fsp3) is 0.100. The van der Waals surface area contributed by atoms with Crippen molar-refractivity contribution in [3.63, 3.8) is 0 Å². The van der Waals surface area contributed by atoms with Gasteiger partial charge in [-0.05, 0) is 100 Å². The average Bonchev–Trinajstić information content (AvgIpc) is 3.06. The highest BCUT2D eigenvalue weighted by atomic mass is 16.3. The minimum Gasteiger partial charge on any atom is -0.504 e. The van der Waals surface area contributed by atoms with E-state index < -0.39 is 23.0 Å². The van der Waals surface area contributed by atoms with Crippen LogP contribution >= 0.6 is 0 Å². The third kappa shape index (κ3) is 5.27. The molecule has 4 heteroatoms. The van der Waals surface area contributed by atoms with Crippen LogP contribution in [0.2, 0.25) is 0 Å². The number of allylic oxidation sites excluding steroid dienone is 5. The summed E-state index contributed by atoms with van der Waals surface area (Å²) < 4.78 is 0. The van der Waals surface area contributed by atoms with Crippen LogP contribution < -0.4 is 10.4 Å². The summed E-state index contributed by atoms with van der Waals surface area (Å²) in [7, 11) is 0. The Morgan fingerprint density at radius 1 is 0.682 bits per heavy atom. The topological polar surface area (TPSA) is 80.9 Å². The first-order valence-corrected chi connectivity index (χ1v) is 14.5. The average molecular weight is 581 g/mol. The number of hydrogen-bond donors (Lipinski definition) is 4. The van der Waals surface area contributed by atoms with Gasteiger partial charge in [-0.2, -0.15) is 0 Å². The molecule has 0 aliphatic carbocycles. The Hall–Kier alpha value is -5.48. The maximum atomic E-state index is 11.0. The number of rotatable bonds is 6. The molecule has 0 aromatic heterocycles. The summed E-state index contributed by atoms with van der Waals surface area (Å²) in [5, 5.41) is 46.9. The van der Waals surface area contributed by atoms with Crippen LogP contribution in [-0.2, 0) is 0 Å². The van der Waals surface area contributed by atoms with Crippen LogP contribution in [0.25, 0.3) is 33.0 Å². The summed E-state index contributed by atoms with van der Waals surface area (Å²) in [4.78, 5) is 0. The first kappa shape index (κ1) is 30.0. The van der Waals surface area contributed by atoms with E-state index in [2.05, 4.69) is 49.1 Å². The standard InChI is InChI=1S/C40H36O4/c1-6-15-30(24(3)7-2)36(34-23-29(27-16-9-8-10-17-27)22-28-18-11-12-20-32(28)34)33-21-14-13-19-31(33)25(4)35-39(43)37(41)26(5)38(42)40(35)44/h6-23,41-44H,2H2,1,3-5H3/b15-6-,30-24+,31-25+,36-33+. The van der Waals surface area contributed by atoms with Gasteiger partial charge in [0.1, 0.15) is 0 Å². The highest BCUT2D eigenvalue weighted by molar-refractivity contribution is 6.01. The molecule has 0 heterocycles. The highest BCUT2D eigenvalue weighted by Crippen LogP contribution is 2.48. The predicted octanol–water partition coefficient (Wildman–Crippen LogP) is 8.13. The molecule has 0 spiro atoms. The molecule has 0 bridgehead atoms. The molecule has 220 valence electrons. The summed E-state index contributed by atoms with van der Waals surface area (Å²) >= 11 is 0. The summed E-state index contributed by atoms with van der Waals surface area (Å²) in [6, 6.07) is 30.7. The third-order valence-electron chi connectivity index (χ3n) is 8.18. The zero-order chi connectivity index (χ0) is 31.5. The fourth-order valence-corrected chi connectivity index (χ4v) is 5.77. The Morgan fingerprint density at radius 3 is 1.91 bits per heavy atom. The lowest BCUT2D eigenvalue weighted by Gasteiger charge is -2.18. The molecular weight excluding hydrogens is 544 g/mol. The number of benzene rings is 5. The Labute approximate surface area is 257 Å². The van der Waals surface area contributed by atoms with Crippen molar-refractivity contribution < 1.29 is 20.4 Å². The largest absolute Gasteiger partial charge is 0.504 e. The third-order valence-corrected chi connectivity index (χ3v) is 8.18. The monoisotopic (exact) mass is 580 g/mol. The van der Waals surface area contributed by atoms with Gasteiger partial charge >= 0.3 is 0 Å². The molecule has 0 unspecified atom stereocenters. The van der Waals surface area contributed by atoms with Crippen LogP contribution in [-0.4, -0.2) is 20.4 Å². The molecule has 4 nitrogen and oxygen atoms in total. The molecule has 0 saturated heterocycles. The lowest BCUT2D eigenvalue weighted by molar-refractivity contribution is 0.366. The normalized spacial score (nSPS) is 13.5. The van der Waals surface area contributed by atoms with Crippen molar-refractivity contribution in [2.75, 3.05) is 0 Å². The Balaban J connectivity index is 2.07. The number of hydrogen-bond acceptors (Lipinski definition) is 4. The van der Waals surface area contributed by atoms with Crippen molar-refractivity contribution in [2.45, 2.75) is 27.7 Å². The molecule has 4 N–H and O–H groups in total. The zero-order valence-electron chi connectivity index (χ0n) is 25.4. The van der Waals surface area contributed by atoms with E-state index in [1.807, 2.05) is 80.6 Å². The van der Waals surface area contributed by atoms with Gasteiger partial charge in [-0.25, -0.2) is 0 Å². The van der Waals surface area contributed by atoms with Crippen molar-refractivity contribution in [2.24, 2.45) is 0 Å². The maximum absolute atomic E-state index is 11.0. The van der Waals surface area contributed by atoms with Gasteiger partial charge in [0.2, 0.25) is 0 Å². The fourth-order valence-electron chi connectivity index (χ4n) is 5.77. The van der Waals surface area contributed by atoms with Gasteiger partial charge < -0.3 is 20.4 Å². The number of fused-ring (bicyclic) bond motifs is 1. The van der Waals surface area contributed by atoms with E-state index in [9.17, 15) is 20.4 Å². The smallest absolute Gasteiger partial charge is 0.169 e.